The number of likely N-dealkylation sites (tertiary alicyclic amines) is 1. The monoisotopic (exact) mass is 846 g/mol. The largest absolute Gasteiger partial charge is 0.507 e. The number of fused-ring (bicyclic) bond motifs is 1. The van der Waals surface area contributed by atoms with Crippen molar-refractivity contribution < 1.29 is 58.6 Å². The fourth-order valence-electron chi connectivity index (χ4n) is 8.93. The predicted molar refractivity (Wildman–Crippen MR) is 223 cm³/mol. The summed E-state index contributed by atoms with van der Waals surface area (Å²) < 4.78 is 23.9. The molecule has 2 aromatic carbocycles. The molecular formula is C45H58N4O12. The summed E-state index contributed by atoms with van der Waals surface area (Å²) in [6.07, 6.45) is 4.72. The highest BCUT2D eigenvalue weighted by Gasteiger charge is 2.50. The van der Waals surface area contributed by atoms with Crippen molar-refractivity contribution in [1.82, 2.24) is 4.90 Å². The highest BCUT2D eigenvalue weighted by atomic mass is 16.7. The number of methoxy groups -OCH3 is 1. The topological polar surface area (TPSA) is 226 Å². The van der Waals surface area contributed by atoms with Gasteiger partial charge in [-0.3, -0.25) is 29.2 Å². The van der Waals surface area contributed by atoms with Gasteiger partial charge in [-0.15, -0.1) is 0 Å². The van der Waals surface area contributed by atoms with Gasteiger partial charge in [-0.05, 0) is 19.9 Å². The number of aliphatic hydroxyl groups excluding tert-OH is 2. The summed E-state index contributed by atoms with van der Waals surface area (Å²) in [5.41, 5.74) is -0.924. The summed E-state index contributed by atoms with van der Waals surface area (Å²) in [5.74, 6) is -7.27. The van der Waals surface area contributed by atoms with Gasteiger partial charge in [-0.25, -0.2) is 0 Å². The molecule has 1 saturated heterocycles. The molecule has 2 amide bonds. The van der Waals surface area contributed by atoms with E-state index in [-0.39, 0.29) is 55.5 Å². The van der Waals surface area contributed by atoms with Gasteiger partial charge in [0.15, 0.2) is 11.4 Å². The number of benzene rings is 2. The maximum atomic E-state index is 14.7. The van der Waals surface area contributed by atoms with Gasteiger partial charge in [0.2, 0.25) is 5.91 Å². The lowest BCUT2D eigenvalue weighted by Gasteiger charge is -2.38. The molecular weight excluding hydrogens is 789 g/mol. The Labute approximate surface area is 354 Å². The van der Waals surface area contributed by atoms with Crippen LogP contribution < -0.4 is 20.8 Å². The van der Waals surface area contributed by atoms with Crippen LogP contribution in [0.2, 0.25) is 0 Å². The second-order valence-electron chi connectivity index (χ2n) is 17.0. The number of esters is 1. The number of allylic oxidation sites excluding steroid dienone is 2. The van der Waals surface area contributed by atoms with Gasteiger partial charge in [0.05, 0.1) is 40.9 Å². The van der Waals surface area contributed by atoms with E-state index in [1.807, 2.05) is 0 Å². The molecule has 0 aliphatic carbocycles. The zero-order chi connectivity index (χ0) is 44.9. The van der Waals surface area contributed by atoms with Crippen LogP contribution in [-0.4, -0.2) is 105 Å². The highest BCUT2D eigenvalue weighted by Crippen LogP contribution is 2.50. The molecule has 1 fully saturated rings. The molecule has 16 nitrogen and oxygen atoms in total. The molecule has 0 aromatic heterocycles. The lowest BCUT2D eigenvalue weighted by molar-refractivity contribution is -0.160. The number of ether oxygens (including phenoxy) is 4. The van der Waals surface area contributed by atoms with E-state index in [4.69, 9.17) is 28.9 Å². The minimum Gasteiger partial charge on any atom is -0.507 e. The maximum absolute atomic E-state index is 14.7. The van der Waals surface area contributed by atoms with E-state index in [1.54, 1.807) is 58.6 Å². The van der Waals surface area contributed by atoms with Crippen LogP contribution >= 0.6 is 0 Å². The number of phenolic OH excluding ortho intramolecular Hbond substituents is 2. The molecule has 9 atom stereocenters. The number of Topliss-reactive ketones (excluding diaryl/α,β-unsaturated/α-hetero) is 1. The first kappa shape index (κ1) is 45.2. The zero-order valence-corrected chi connectivity index (χ0v) is 36.4. The highest BCUT2D eigenvalue weighted by molar-refractivity contribution is 6.19. The quantitative estimate of drug-likeness (QED) is 0.218. The van der Waals surface area contributed by atoms with Crippen molar-refractivity contribution in [3.05, 3.63) is 58.0 Å². The number of phenols is 2. The van der Waals surface area contributed by atoms with E-state index in [2.05, 4.69) is 5.32 Å². The first-order valence-electron chi connectivity index (χ1n) is 20.8. The fourth-order valence-corrected chi connectivity index (χ4v) is 8.93. The number of aromatic hydroxyl groups is 2. The fraction of sp³-hybridized carbons (Fsp3) is 0.556. The Kier molecular flexibility index (Phi) is 12.8. The van der Waals surface area contributed by atoms with E-state index in [9.17, 15) is 39.6 Å². The Balaban J connectivity index is 1.55. The van der Waals surface area contributed by atoms with Gasteiger partial charge >= 0.3 is 11.8 Å². The Morgan fingerprint density at radius 3 is 2.23 bits per heavy atom. The lowest BCUT2D eigenvalue weighted by atomic mass is 9.78. The molecule has 0 saturated carbocycles. The molecule has 4 bridgehead atoms. The molecule has 5 N–H and O–H groups in total. The van der Waals surface area contributed by atoms with Crippen molar-refractivity contribution in [1.29, 1.82) is 0 Å². The standard InChI is InChI=1S/C45H58N4O12/c1-11-29(51)49-18-16-45(17-19-49)47-33-30-31-38(54)26(7)41-32(30)42(56)44(9,61-41)59-20-15-28(58-10)23(4)40(60-27(8)50)25(6)37(53)24(5)36(52)21(2)13-12-14-22(3)43(57)46-35(39(31)55)34(33)48-45/h12-15,20-21,23-25,28,36-37,40,52-55H,11,16-19H2,1-10H3,(H,46,57)/b13-12+,20-15+,22-14-/t21-,23+,24+,25+,28-,36-,37+,40+,44-/m0/s1. The molecule has 0 radical (unpaired) electrons. The lowest BCUT2D eigenvalue weighted by Crippen LogP contribution is -2.46. The van der Waals surface area contributed by atoms with Crippen molar-refractivity contribution in [3.63, 3.8) is 0 Å². The van der Waals surface area contributed by atoms with Gasteiger partial charge in [0.1, 0.15) is 28.6 Å². The number of nitrogens with one attached hydrogen (secondary N) is 1. The van der Waals surface area contributed by atoms with Crippen LogP contribution in [0.3, 0.4) is 0 Å². The third-order valence-electron chi connectivity index (χ3n) is 12.8. The van der Waals surface area contributed by atoms with Crippen LogP contribution in [0.25, 0.3) is 10.8 Å². The third-order valence-corrected chi connectivity index (χ3v) is 12.8. The molecule has 0 unspecified atom stereocenters. The van der Waals surface area contributed by atoms with Gasteiger partial charge < -0.3 is 49.6 Å². The average Bonchev–Trinajstić information content (AvgIpc) is 3.73. The first-order valence-corrected chi connectivity index (χ1v) is 20.8. The summed E-state index contributed by atoms with van der Waals surface area (Å²) in [6.45, 7) is 15.2. The Morgan fingerprint density at radius 1 is 0.951 bits per heavy atom. The smallest absolute Gasteiger partial charge is 0.312 e. The van der Waals surface area contributed by atoms with Crippen LogP contribution in [0.5, 0.6) is 17.2 Å². The molecule has 330 valence electrons. The Bertz CT molecular complexity index is 2350. The van der Waals surface area contributed by atoms with E-state index in [0.29, 0.717) is 32.4 Å². The van der Waals surface area contributed by atoms with Crippen molar-refractivity contribution in [2.24, 2.45) is 33.7 Å². The number of rotatable bonds is 3. The Morgan fingerprint density at radius 2 is 1.61 bits per heavy atom. The van der Waals surface area contributed by atoms with Crippen LogP contribution in [-0.2, 0) is 28.6 Å². The Hall–Kier alpha value is -5.32. The number of carbonyl (C=O) groups is 4. The van der Waals surface area contributed by atoms with Gasteiger partial charge in [0, 0.05) is 93.5 Å². The van der Waals surface area contributed by atoms with E-state index in [1.165, 1.54) is 46.3 Å². The van der Waals surface area contributed by atoms with E-state index in [0.717, 1.165) is 0 Å². The van der Waals surface area contributed by atoms with Crippen LogP contribution in [0.1, 0.15) is 90.6 Å². The number of anilines is 1. The molecule has 6 rings (SSSR count). The van der Waals surface area contributed by atoms with E-state index >= 15 is 0 Å². The minimum absolute atomic E-state index is 0.000172. The number of hydrogen-bond acceptors (Lipinski definition) is 14. The van der Waals surface area contributed by atoms with Gasteiger partial charge in [-0.2, -0.15) is 0 Å². The number of piperidine rings is 1. The number of aliphatic hydroxyl groups is 2. The normalized spacial score (nSPS) is 32.2. The SMILES string of the molecule is CCC(=O)N1CCC2(CC1)N=c1c3c(O)c4c(O)c(C)c5c(c4c1=N2)C(=O)[C@@](C)(O/C=C/[C@H](OC)[C@@H](C)[C@@H](OC(C)=O)[C@H](C)[C@H](O)[C@H](C)[C@@H](O)[C@@H](C)/C=C/C=C(/C)C(=O)N3)O5. The molecule has 4 aliphatic heterocycles. The van der Waals surface area contributed by atoms with Gasteiger partial charge in [-0.1, -0.05) is 52.8 Å². The molecule has 61 heavy (non-hydrogen) atoms. The molecule has 4 aliphatic rings. The van der Waals surface area contributed by atoms with Crippen molar-refractivity contribution in [2.45, 2.75) is 117 Å². The predicted octanol–water partition coefficient (Wildman–Crippen LogP) is 4.03. The third kappa shape index (κ3) is 8.12. The number of nitrogens with zero attached hydrogens (tertiary/aromatic N) is 3. The first-order chi connectivity index (χ1) is 28.7. The summed E-state index contributed by atoms with van der Waals surface area (Å²) in [5, 5.41) is 49.7. The molecule has 2 aromatic rings. The number of hydrogen-bond donors (Lipinski definition) is 5. The second kappa shape index (κ2) is 17.2. The van der Waals surface area contributed by atoms with Crippen molar-refractivity contribution >= 4 is 40.0 Å². The summed E-state index contributed by atoms with van der Waals surface area (Å²) in [6, 6.07) is 0. The molecule has 4 heterocycles. The number of carbonyl (C=O) groups excluding carboxylic acids is 4. The summed E-state index contributed by atoms with van der Waals surface area (Å²) in [4.78, 5) is 65.4. The second-order valence-corrected chi connectivity index (χ2v) is 17.0. The van der Waals surface area contributed by atoms with Crippen LogP contribution in [0, 0.1) is 30.6 Å². The van der Waals surface area contributed by atoms with Crippen LogP contribution in [0.4, 0.5) is 5.69 Å². The average molecular weight is 847 g/mol. The van der Waals surface area contributed by atoms with E-state index < -0.39 is 88.7 Å². The van der Waals surface area contributed by atoms with Crippen molar-refractivity contribution in [2.75, 3.05) is 25.5 Å². The van der Waals surface area contributed by atoms with Gasteiger partial charge in [0.25, 0.3) is 11.7 Å². The number of ketones is 1. The minimum atomic E-state index is -2.00. The molecule has 1 spiro atoms. The van der Waals surface area contributed by atoms with Crippen LogP contribution in [0.15, 0.2) is 46.1 Å². The zero-order valence-electron chi connectivity index (χ0n) is 36.4. The summed E-state index contributed by atoms with van der Waals surface area (Å²) >= 11 is 0. The maximum Gasteiger partial charge on any atom is 0.312 e. The summed E-state index contributed by atoms with van der Waals surface area (Å²) in [7, 11) is 1.45. The van der Waals surface area contributed by atoms with Crippen molar-refractivity contribution in [3.8, 4) is 17.2 Å². The number of amides is 2. The molecule has 16 heteroatoms.